The van der Waals surface area contributed by atoms with Gasteiger partial charge < -0.3 is 10.3 Å². The lowest BCUT2D eigenvalue weighted by Crippen LogP contribution is -2.01. The number of rotatable bonds is 3. The molecule has 0 radical (unpaired) electrons. The average molecular weight is 278 g/mol. The average Bonchev–Trinajstić information content (AvgIpc) is 2.99. The second-order valence-electron chi connectivity index (χ2n) is 5.38. The lowest BCUT2D eigenvalue weighted by molar-refractivity contribution is 0.417. The smallest absolute Gasteiger partial charge is 0.230 e. The molecule has 3 rings (SSSR count). The maximum absolute atomic E-state index is 13.4. The molecule has 1 aliphatic rings. The molecule has 0 atom stereocenters. The molecular formula is C15H16F2N2O. The van der Waals surface area contributed by atoms with Gasteiger partial charge in [0.25, 0.3) is 0 Å². The van der Waals surface area contributed by atoms with Crippen LogP contribution in [0.1, 0.15) is 31.4 Å². The normalized spacial score (nSPS) is 15.9. The van der Waals surface area contributed by atoms with E-state index in [1.165, 1.54) is 25.0 Å². The Hall–Kier alpha value is -1.91. The standard InChI is InChI=1S/C15H16F2N2O/c16-11-6-10(7-12(17)8-11)14-13(19-20-15(14)18)5-9-3-1-2-4-9/h6-9H,1-5,18H2. The van der Waals surface area contributed by atoms with Crippen molar-refractivity contribution in [1.82, 2.24) is 5.16 Å². The zero-order chi connectivity index (χ0) is 14.1. The molecule has 2 aromatic rings. The highest BCUT2D eigenvalue weighted by Gasteiger charge is 2.22. The van der Waals surface area contributed by atoms with Gasteiger partial charge in [-0.3, -0.25) is 0 Å². The van der Waals surface area contributed by atoms with Gasteiger partial charge >= 0.3 is 0 Å². The molecule has 0 aliphatic heterocycles. The third-order valence-corrected chi connectivity index (χ3v) is 3.90. The molecule has 0 saturated heterocycles. The molecule has 1 heterocycles. The van der Waals surface area contributed by atoms with Gasteiger partial charge in [-0.25, -0.2) is 8.78 Å². The van der Waals surface area contributed by atoms with Crippen LogP contribution in [-0.2, 0) is 6.42 Å². The van der Waals surface area contributed by atoms with Crippen LogP contribution >= 0.6 is 0 Å². The Morgan fingerprint density at radius 2 is 1.80 bits per heavy atom. The second kappa shape index (κ2) is 5.23. The molecule has 1 fully saturated rings. The van der Waals surface area contributed by atoms with Crippen LogP contribution in [0.2, 0.25) is 0 Å². The van der Waals surface area contributed by atoms with Gasteiger partial charge in [0.1, 0.15) is 11.6 Å². The first-order chi connectivity index (χ1) is 9.63. The minimum absolute atomic E-state index is 0.114. The van der Waals surface area contributed by atoms with Gasteiger partial charge in [-0.1, -0.05) is 30.8 Å². The monoisotopic (exact) mass is 278 g/mol. The molecular weight excluding hydrogens is 262 g/mol. The summed E-state index contributed by atoms with van der Waals surface area (Å²) < 4.78 is 31.7. The van der Waals surface area contributed by atoms with E-state index in [4.69, 9.17) is 10.3 Å². The molecule has 106 valence electrons. The summed E-state index contributed by atoms with van der Waals surface area (Å²) in [6.07, 6.45) is 5.51. The fraction of sp³-hybridized carbons (Fsp3) is 0.400. The van der Waals surface area contributed by atoms with Gasteiger partial charge in [0, 0.05) is 6.07 Å². The molecule has 0 amide bonds. The number of nitrogen functional groups attached to an aromatic ring is 1. The summed E-state index contributed by atoms with van der Waals surface area (Å²) in [4.78, 5) is 0. The van der Waals surface area contributed by atoms with Crippen molar-refractivity contribution >= 4 is 5.88 Å². The van der Waals surface area contributed by atoms with E-state index >= 15 is 0 Å². The van der Waals surface area contributed by atoms with Crippen LogP contribution in [-0.4, -0.2) is 5.16 Å². The van der Waals surface area contributed by atoms with Crippen LogP contribution in [0.15, 0.2) is 22.7 Å². The fourth-order valence-corrected chi connectivity index (χ4v) is 2.97. The molecule has 1 aromatic carbocycles. The van der Waals surface area contributed by atoms with E-state index in [1.807, 2.05) is 0 Å². The Morgan fingerprint density at radius 1 is 1.15 bits per heavy atom. The Labute approximate surface area is 115 Å². The molecule has 5 heteroatoms. The molecule has 3 nitrogen and oxygen atoms in total. The summed E-state index contributed by atoms with van der Waals surface area (Å²) in [6, 6.07) is 3.35. The molecule has 0 spiro atoms. The van der Waals surface area contributed by atoms with Gasteiger partial charge in [-0.2, -0.15) is 0 Å². The van der Waals surface area contributed by atoms with Crippen molar-refractivity contribution in [2.24, 2.45) is 5.92 Å². The third-order valence-electron chi connectivity index (χ3n) is 3.90. The van der Waals surface area contributed by atoms with Crippen LogP contribution in [0.25, 0.3) is 11.1 Å². The Kier molecular flexibility index (Phi) is 3.42. The summed E-state index contributed by atoms with van der Waals surface area (Å²) in [5, 5.41) is 3.97. The van der Waals surface area contributed by atoms with E-state index in [9.17, 15) is 8.78 Å². The predicted molar refractivity (Wildman–Crippen MR) is 71.9 cm³/mol. The molecule has 1 aliphatic carbocycles. The first kappa shape index (κ1) is 13.1. The fourth-order valence-electron chi connectivity index (χ4n) is 2.97. The molecule has 0 bridgehead atoms. The predicted octanol–water partition coefficient (Wildman–Crippen LogP) is 3.93. The molecule has 1 saturated carbocycles. The van der Waals surface area contributed by atoms with Crippen molar-refractivity contribution < 1.29 is 13.3 Å². The Balaban J connectivity index is 1.97. The SMILES string of the molecule is Nc1onc(CC2CCCC2)c1-c1cc(F)cc(F)c1. The van der Waals surface area contributed by atoms with Crippen molar-refractivity contribution in [3.8, 4) is 11.1 Å². The van der Waals surface area contributed by atoms with Crippen LogP contribution in [0.5, 0.6) is 0 Å². The zero-order valence-electron chi connectivity index (χ0n) is 11.0. The summed E-state index contributed by atoms with van der Waals surface area (Å²) in [7, 11) is 0. The minimum atomic E-state index is -0.632. The Bertz CT molecular complexity index is 598. The second-order valence-corrected chi connectivity index (χ2v) is 5.38. The number of halogens is 2. The zero-order valence-corrected chi connectivity index (χ0v) is 11.0. The number of nitrogens with two attached hydrogens (primary N) is 1. The van der Waals surface area contributed by atoms with E-state index in [-0.39, 0.29) is 5.88 Å². The van der Waals surface area contributed by atoms with Crippen LogP contribution in [0.3, 0.4) is 0 Å². The first-order valence-electron chi connectivity index (χ1n) is 6.84. The quantitative estimate of drug-likeness (QED) is 0.925. The number of benzene rings is 1. The van der Waals surface area contributed by atoms with E-state index in [2.05, 4.69) is 5.16 Å². The Morgan fingerprint density at radius 3 is 2.45 bits per heavy atom. The first-order valence-corrected chi connectivity index (χ1v) is 6.84. The lowest BCUT2D eigenvalue weighted by atomic mass is 9.96. The van der Waals surface area contributed by atoms with Crippen molar-refractivity contribution in [1.29, 1.82) is 0 Å². The number of hydrogen-bond donors (Lipinski definition) is 1. The highest BCUT2D eigenvalue weighted by atomic mass is 19.1. The van der Waals surface area contributed by atoms with E-state index < -0.39 is 11.6 Å². The van der Waals surface area contributed by atoms with Crippen molar-refractivity contribution in [3.63, 3.8) is 0 Å². The number of aromatic nitrogens is 1. The van der Waals surface area contributed by atoms with Crippen molar-refractivity contribution in [3.05, 3.63) is 35.5 Å². The van der Waals surface area contributed by atoms with Crippen LogP contribution in [0.4, 0.5) is 14.7 Å². The largest absolute Gasteiger partial charge is 0.367 e. The van der Waals surface area contributed by atoms with E-state index in [1.54, 1.807) is 0 Å². The van der Waals surface area contributed by atoms with Gasteiger partial charge in [0.15, 0.2) is 0 Å². The molecule has 1 aromatic heterocycles. The maximum atomic E-state index is 13.4. The number of anilines is 1. The van der Waals surface area contributed by atoms with Crippen LogP contribution < -0.4 is 5.73 Å². The highest BCUT2D eigenvalue weighted by Crippen LogP contribution is 2.35. The lowest BCUT2D eigenvalue weighted by Gasteiger charge is -2.08. The van der Waals surface area contributed by atoms with E-state index in [0.717, 1.165) is 25.3 Å². The molecule has 0 unspecified atom stereocenters. The summed E-state index contributed by atoms with van der Waals surface area (Å²) >= 11 is 0. The van der Waals surface area contributed by atoms with Crippen molar-refractivity contribution in [2.75, 3.05) is 5.73 Å². The van der Waals surface area contributed by atoms with Gasteiger partial charge in [-0.15, -0.1) is 0 Å². The number of hydrogen-bond acceptors (Lipinski definition) is 3. The summed E-state index contributed by atoms with van der Waals surface area (Å²) in [5.74, 6) is -0.598. The highest BCUT2D eigenvalue weighted by molar-refractivity contribution is 5.75. The van der Waals surface area contributed by atoms with Gasteiger partial charge in [0.05, 0.1) is 11.3 Å². The van der Waals surface area contributed by atoms with Gasteiger partial charge in [-0.05, 0) is 30.0 Å². The molecule has 20 heavy (non-hydrogen) atoms. The third kappa shape index (κ3) is 2.53. The molecule has 2 N–H and O–H groups in total. The maximum Gasteiger partial charge on any atom is 0.230 e. The van der Waals surface area contributed by atoms with Crippen molar-refractivity contribution in [2.45, 2.75) is 32.1 Å². The van der Waals surface area contributed by atoms with Gasteiger partial charge in [0.2, 0.25) is 5.88 Å². The van der Waals surface area contributed by atoms with Crippen LogP contribution in [0, 0.1) is 17.6 Å². The number of nitrogens with zero attached hydrogens (tertiary/aromatic N) is 1. The van der Waals surface area contributed by atoms with E-state index in [0.29, 0.717) is 22.7 Å². The topological polar surface area (TPSA) is 52.0 Å². The summed E-state index contributed by atoms with van der Waals surface area (Å²) in [6.45, 7) is 0. The summed E-state index contributed by atoms with van der Waals surface area (Å²) in [5.41, 5.74) is 7.37. The minimum Gasteiger partial charge on any atom is -0.367 e.